The van der Waals surface area contributed by atoms with Gasteiger partial charge < -0.3 is 30.5 Å². The molecule has 1 amide bonds. The van der Waals surface area contributed by atoms with E-state index in [0.717, 1.165) is 49.6 Å². The van der Waals surface area contributed by atoms with Crippen LogP contribution in [-0.4, -0.2) is 77.8 Å². The number of carboxylic acids is 1. The number of furan rings is 1. The van der Waals surface area contributed by atoms with Crippen LogP contribution in [0.3, 0.4) is 0 Å². The molecule has 6 aliphatic rings. The van der Waals surface area contributed by atoms with E-state index in [2.05, 4.69) is 57.1 Å². The molecule has 6 N–H and O–H groups in total. The normalized spacial score (nSPS) is 23.8. The molecule has 8 heterocycles. The fraction of sp³-hybridized carbons (Fsp3) is 0.367. The summed E-state index contributed by atoms with van der Waals surface area (Å²) in [5.74, 6) is 1.50. The third-order valence-electron chi connectivity index (χ3n) is 14.9. The SMILES string of the molecule is C[C@H]1C2CCC(CC2)[C@@H]1Cc1cc(-c2ccc(C(N)=O)o2)nc(-c2c[nH]c3ncc(Cl)nc23)n1.O=C(O)[C@H]1C2CCC(CC2)[C@@H]1Nc1nc(-c2c[nH]c3ncc(Cl)nc23)nc(-c2ccccn2)c1F. The van der Waals surface area contributed by atoms with Gasteiger partial charge in [0.2, 0.25) is 0 Å². The van der Waals surface area contributed by atoms with Gasteiger partial charge in [-0.1, -0.05) is 36.2 Å². The Bertz CT molecular complexity index is 3240. The van der Waals surface area contributed by atoms with Crippen molar-refractivity contribution in [3.63, 3.8) is 0 Å². The van der Waals surface area contributed by atoms with Crippen molar-refractivity contribution in [2.45, 2.75) is 70.8 Å². The van der Waals surface area contributed by atoms with Crippen molar-refractivity contribution >= 4 is 63.2 Å². The lowest BCUT2D eigenvalue weighted by molar-refractivity contribution is -0.148. The Kier molecular flexibility index (Phi) is 11.8. The molecule has 69 heavy (non-hydrogen) atoms. The molecule has 8 aromatic heterocycles. The number of carboxylic acid groups (broad SMARTS) is 1. The van der Waals surface area contributed by atoms with Crippen LogP contribution >= 0.6 is 23.2 Å². The van der Waals surface area contributed by atoms with Crippen molar-refractivity contribution in [3.05, 3.63) is 95.0 Å². The standard InChI is InChI=1S/C25H25ClN6O2.C24H21ClFN7O2/c1-12-13-2-4-14(5-3-13)16(12)8-15-9-18(19-6-7-20(34-19)23(27)33)31-24(30-15)17-10-28-25-22(17)32-21(26)11-29-25;25-15-10-29-23-19(30-15)13(9-28-23)21-32-20(14-3-1-2-8-27-14)17(26)22(33-21)31-18-12-6-4-11(5-7-12)16(18)24(34)35/h6-7,9-14,16H,2-5,8H2,1H3,(H2,27,33)(H,28,29);1-3,8-12,16,18H,4-7H2,(H,28,29)(H,34,35)(H,31,32,33)/t12-,13?,14?,16+;11?,12?,16-,18-/m00/s1. The molecule has 352 valence electrons. The molecule has 0 saturated heterocycles. The van der Waals surface area contributed by atoms with Gasteiger partial charge in [-0.25, -0.2) is 44.3 Å². The lowest BCUT2D eigenvalue weighted by atomic mass is 9.58. The number of halogens is 3. The summed E-state index contributed by atoms with van der Waals surface area (Å²) in [6.07, 6.45) is 17.7. The zero-order valence-electron chi connectivity index (χ0n) is 37.2. The molecule has 6 fully saturated rings. The first kappa shape index (κ1) is 44.6. The van der Waals surface area contributed by atoms with E-state index in [1.54, 1.807) is 48.9 Å². The van der Waals surface area contributed by atoms with Gasteiger partial charge in [0.25, 0.3) is 5.91 Å². The van der Waals surface area contributed by atoms with E-state index in [4.69, 9.17) is 43.3 Å². The quantitative estimate of drug-likeness (QED) is 0.0856. The summed E-state index contributed by atoms with van der Waals surface area (Å²) in [5.41, 5.74) is 10.7. The maximum absolute atomic E-state index is 15.9. The number of carbonyl (C=O) groups excluding carboxylic acids is 1. The predicted molar refractivity (Wildman–Crippen MR) is 255 cm³/mol. The number of fused-ring (bicyclic) bond motifs is 8. The molecule has 0 unspecified atom stereocenters. The summed E-state index contributed by atoms with van der Waals surface area (Å²) < 4.78 is 21.6. The number of hydrogen-bond donors (Lipinski definition) is 5. The third kappa shape index (κ3) is 8.53. The Hall–Kier alpha value is -6.92. The zero-order valence-corrected chi connectivity index (χ0v) is 38.8. The van der Waals surface area contributed by atoms with Crippen LogP contribution in [0.15, 0.2) is 71.8 Å². The predicted octanol–water partition coefficient (Wildman–Crippen LogP) is 9.61. The average Bonchev–Trinajstić information content (AvgIpc) is 4.14. The van der Waals surface area contributed by atoms with Crippen molar-refractivity contribution in [2.75, 3.05) is 5.32 Å². The number of aromatic nitrogens is 11. The molecule has 17 nitrogen and oxygen atoms in total. The van der Waals surface area contributed by atoms with Crippen LogP contribution in [0.1, 0.15) is 74.5 Å². The summed E-state index contributed by atoms with van der Waals surface area (Å²) >= 11 is 12.2. The Morgan fingerprint density at radius 3 is 2.03 bits per heavy atom. The van der Waals surface area contributed by atoms with Gasteiger partial charge in [-0.15, -0.1) is 0 Å². The molecule has 0 aliphatic heterocycles. The number of primary amides is 1. The average molecular weight is 971 g/mol. The van der Waals surface area contributed by atoms with Crippen LogP contribution in [0.2, 0.25) is 10.3 Å². The number of rotatable bonds is 10. The number of anilines is 1. The third-order valence-corrected chi connectivity index (χ3v) is 15.3. The molecule has 6 aliphatic carbocycles. The van der Waals surface area contributed by atoms with Crippen LogP contribution in [0.4, 0.5) is 10.2 Å². The Morgan fingerprint density at radius 2 is 1.42 bits per heavy atom. The number of pyridine rings is 1. The minimum Gasteiger partial charge on any atom is -0.481 e. The molecule has 8 aromatic rings. The number of aliphatic carboxylic acids is 1. The molecule has 0 spiro atoms. The second kappa shape index (κ2) is 18.2. The number of nitrogens with two attached hydrogens (primary N) is 1. The maximum Gasteiger partial charge on any atom is 0.308 e. The van der Waals surface area contributed by atoms with Crippen molar-refractivity contribution in [2.24, 2.45) is 47.2 Å². The van der Waals surface area contributed by atoms with Gasteiger partial charge in [-0.3, -0.25) is 14.6 Å². The lowest BCUT2D eigenvalue weighted by Gasteiger charge is -2.47. The van der Waals surface area contributed by atoms with Gasteiger partial charge >= 0.3 is 5.97 Å². The minimum absolute atomic E-state index is 0.00952. The number of H-pyrrole nitrogens is 2. The van der Waals surface area contributed by atoms with Crippen LogP contribution < -0.4 is 11.1 Å². The van der Waals surface area contributed by atoms with E-state index in [1.807, 2.05) is 6.07 Å². The maximum atomic E-state index is 15.9. The first-order valence-corrected chi connectivity index (χ1v) is 24.0. The molecule has 0 radical (unpaired) electrons. The summed E-state index contributed by atoms with van der Waals surface area (Å²) in [6.45, 7) is 2.40. The summed E-state index contributed by atoms with van der Waals surface area (Å²) in [4.78, 5) is 70.1. The van der Waals surface area contributed by atoms with Gasteiger partial charge in [0.1, 0.15) is 32.7 Å². The van der Waals surface area contributed by atoms with Crippen LogP contribution in [0, 0.1) is 47.2 Å². The van der Waals surface area contributed by atoms with E-state index < -0.39 is 29.7 Å². The van der Waals surface area contributed by atoms with E-state index in [-0.39, 0.29) is 40.1 Å². The highest BCUT2D eigenvalue weighted by atomic mass is 35.5. The fourth-order valence-corrected chi connectivity index (χ4v) is 11.8. The molecule has 4 atom stereocenters. The van der Waals surface area contributed by atoms with Gasteiger partial charge in [0.15, 0.2) is 46.1 Å². The number of aromatic amines is 2. The fourth-order valence-electron chi connectivity index (χ4n) is 11.5. The summed E-state index contributed by atoms with van der Waals surface area (Å²) in [5, 5.41) is 13.6. The first-order valence-electron chi connectivity index (χ1n) is 23.2. The second-order valence-electron chi connectivity index (χ2n) is 18.7. The van der Waals surface area contributed by atoms with Gasteiger partial charge in [0.05, 0.1) is 35.1 Å². The number of amides is 1. The van der Waals surface area contributed by atoms with E-state index >= 15 is 4.39 Å². The minimum atomic E-state index is -0.863. The first-order chi connectivity index (χ1) is 33.4. The zero-order chi connectivity index (χ0) is 47.5. The van der Waals surface area contributed by atoms with Crippen LogP contribution in [-0.2, 0) is 11.2 Å². The van der Waals surface area contributed by atoms with Crippen LogP contribution in [0.5, 0.6) is 0 Å². The smallest absolute Gasteiger partial charge is 0.308 e. The Balaban J connectivity index is 0.000000151. The van der Waals surface area contributed by atoms with Crippen molar-refractivity contribution in [1.82, 2.24) is 54.8 Å². The van der Waals surface area contributed by atoms with Crippen molar-refractivity contribution < 1.29 is 23.5 Å². The van der Waals surface area contributed by atoms with Gasteiger partial charge in [-0.05, 0) is 124 Å². The molecule has 6 saturated carbocycles. The number of carbonyl (C=O) groups is 2. The topological polar surface area (TPSA) is 253 Å². The molecular formula is C49H46Cl2FN13O4. The number of hydrogen-bond acceptors (Lipinski definition) is 13. The highest BCUT2D eigenvalue weighted by Crippen LogP contribution is 2.50. The molecule has 4 bridgehead atoms. The monoisotopic (exact) mass is 969 g/mol. The summed E-state index contributed by atoms with van der Waals surface area (Å²) in [7, 11) is 0. The molecular weight excluding hydrogens is 925 g/mol. The largest absolute Gasteiger partial charge is 0.481 e. The van der Waals surface area contributed by atoms with E-state index in [1.165, 1.54) is 38.1 Å². The lowest BCUT2D eigenvalue weighted by Crippen LogP contribution is -2.51. The summed E-state index contributed by atoms with van der Waals surface area (Å²) in [6, 6.07) is 9.96. The second-order valence-corrected chi connectivity index (χ2v) is 19.4. The Morgan fingerprint density at radius 1 is 0.783 bits per heavy atom. The molecule has 20 heteroatoms. The molecule has 14 rings (SSSR count). The highest BCUT2D eigenvalue weighted by molar-refractivity contribution is 6.30. The van der Waals surface area contributed by atoms with E-state index in [9.17, 15) is 14.7 Å². The van der Waals surface area contributed by atoms with E-state index in [0.29, 0.717) is 73.4 Å². The van der Waals surface area contributed by atoms with Gasteiger partial charge in [-0.2, -0.15) is 0 Å². The van der Waals surface area contributed by atoms with Crippen molar-refractivity contribution in [3.8, 4) is 45.6 Å². The number of nitrogens with one attached hydrogen (secondary N) is 3. The molecule has 0 aromatic carbocycles. The van der Waals surface area contributed by atoms with Crippen LogP contribution in [0.25, 0.3) is 67.9 Å². The highest BCUT2D eigenvalue weighted by Gasteiger charge is 2.48. The van der Waals surface area contributed by atoms with Crippen molar-refractivity contribution in [1.29, 1.82) is 0 Å². The number of nitrogens with zero attached hydrogens (tertiary/aromatic N) is 9. The Labute approximate surface area is 403 Å². The van der Waals surface area contributed by atoms with Gasteiger partial charge in [0, 0.05) is 30.3 Å².